The Morgan fingerprint density at radius 1 is 1.41 bits per heavy atom. The van der Waals surface area contributed by atoms with E-state index in [9.17, 15) is 22.7 Å². The van der Waals surface area contributed by atoms with E-state index in [0.717, 1.165) is 6.07 Å². The molecular formula is C13H12ClFNNaO4S. The molecule has 114 valence electrons. The van der Waals surface area contributed by atoms with Gasteiger partial charge in [-0.15, -0.1) is 0 Å². The first kappa shape index (κ1) is 19.4. The number of hydrogen-bond acceptors (Lipinski definition) is 4. The van der Waals surface area contributed by atoms with Crippen molar-refractivity contribution in [2.75, 3.05) is 4.72 Å². The summed E-state index contributed by atoms with van der Waals surface area (Å²) in [7, 11) is -4.09. The maximum Gasteiger partial charge on any atom is 1.00 e. The van der Waals surface area contributed by atoms with E-state index in [1.54, 1.807) is 0 Å². The van der Waals surface area contributed by atoms with Crippen LogP contribution in [0, 0.1) is 5.82 Å². The third-order valence-electron chi connectivity index (χ3n) is 3.18. The van der Waals surface area contributed by atoms with Crippen molar-refractivity contribution < 1.29 is 52.3 Å². The first-order chi connectivity index (χ1) is 9.81. The van der Waals surface area contributed by atoms with E-state index in [2.05, 4.69) is 4.72 Å². The number of hydrogen-bond donors (Lipinski definition) is 1. The quantitative estimate of drug-likeness (QED) is 0.663. The molecule has 0 spiro atoms. The molecule has 22 heavy (non-hydrogen) atoms. The zero-order chi connectivity index (χ0) is 15.6. The predicted molar refractivity (Wildman–Crippen MR) is 74.7 cm³/mol. The predicted octanol–water partition coefficient (Wildman–Crippen LogP) is -1.55. The van der Waals surface area contributed by atoms with Gasteiger partial charge in [0.2, 0.25) is 10.0 Å². The fraction of sp³-hybridized carbons (Fsp3) is 0.308. The molecule has 2 rings (SSSR count). The average Bonchev–Trinajstić information content (AvgIpc) is 2.42. The third-order valence-corrected chi connectivity index (χ3v) is 5.15. The van der Waals surface area contributed by atoms with Gasteiger partial charge in [-0.2, -0.15) is 0 Å². The Hall–Kier alpha value is -0.600. The Morgan fingerprint density at radius 3 is 2.68 bits per heavy atom. The molecule has 5 nitrogen and oxygen atoms in total. The van der Waals surface area contributed by atoms with Crippen molar-refractivity contribution in [2.24, 2.45) is 0 Å². The van der Waals surface area contributed by atoms with Crippen molar-refractivity contribution in [2.45, 2.75) is 24.5 Å². The van der Waals surface area contributed by atoms with Gasteiger partial charge < -0.3 is 9.90 Å². The maximum atomic E-state index is 13.6. The number of halogens is 2. The fourth-order valence-corrected chi connectivity index (χ4v) is 3.96. The van der Waals surface area contributed by atoms with E-state index in [0.29, 0.717) is 12.8 Å². The molecule has 1 aromatic carbocycles. The van der Waals surface area contributed by atoms with Gasteiger partial charge in [0.05, 0.1) is 11.7 Å². The van der Waals surface area contributed by atoms with Gasteiger partial charge in [-0.1, -0.05) is 17.7 Å². The molecule has 1 aliphatic carbocycles. The van der Waals surface area contributed by atoms with Crippen LogP contribution < -0.4 is 39.4 Å². The molecule has 0 aromatic heterocycles. The molecule has 0 saturated heterocycles. The van der Waals surface area contributed by atoms with Gasteiger partial charge >= 0.3 is 29.6 Å². The van der Waals surface area contributed by atoms with Gasteiger partial charge in [0.15, 0.2) is 0 Å². The van der Waals surface area contributed by atoms with Gasteiger partial charge in [-0.3, -0.25) is 4.72 Å². The SMILES string of the molecule is O=C([O-])C1=CCCCC1S(=O)(=O)Nc1ccc(Cl)cc1F.[Na+]. The summed E-state index contributed by atoms with van der Waals surface area (Å²) in [6.45, 7) is 0. The van der Waals surface area contributed by atoms with Crippen LogP contribution in [0.1, 0.15) is 19.3 Å². The molecule has 0 aliphatic heterocycles. The first-order valence-corrected chi connectivity index (χ1v) is 8.12. The Bertz CT molecular complexity index is 708. The Labute approximate surface area is 154 Å². The van der Waals surface area contributed by atoms with Crippen molar-refractivity contribution in [3.63, 3.8) is 0 Å². The Morgan fingerprint density at radius 2 is 2.09 bits per heavy atom. The van der Waals surface area contributed by atoms with E-state index in [4.69, 9.17) is 11.6 Å². The molecule has 0 amide bonds. The maximum absolute atomic E-state index is 13.6. The summed E-state index contributed by atoms with van der Waals surface area (Å²) in [6, 6.07) is 3.48. The molecular weight excluding hydrogens is 344 g/mol. The monoisotopic (exact) mass is 355 g/mol. The van der Waals surface area contributed by atoms with Crippen molar-refractivity contribution >= 4 is 33.3 Å². The van der Waals surface area contributed by atoms with Gasteiger partial charge in [0.25, 0.3) is 0 Å². The number of benzene rings is 1. The number of carboxylic acids is 1. The first-order valence-electron chi connectivity index (χ1n) is 6.19. The van der Waals surface area contributed by atoms with E-state index in [-0.39, 0.29) is 52.3 Å². The average molecular weight is 356 g/mol. The summed E-state index contributed by atoms with van der Waals surface area (Å²) in [5.41, 5.74) is -0.564. The van der Waals surface area contributed by atoms with Crippen molar-refractivity contribution in [3.8, 4) is 0 Å². The molecule has 0 fully saturated rings. The number of aliphatic carboxylic acids is 1. The van der Waals surface area contributed by atoms with Crippen molar-refractivity contribution in [1.29, 1.82) is 0 Å². The normalized spacial score (nSPS) is 18.1. The van der Waals surface area contributed by atoms with Gasteiger partial charge in [-0.05, 0) is 43.0 Å². The fourth-order valence-electron chi connectivity index (χ4n) is 2.18. The molecule has 0 heterocycles. The standard InChI is InChI=1S/C13H13ClFNO4S.Na/c14-8-5-6-11(10(15)7-8)16-21(19,20)12-4-2-1-3-9(12)13(17)18;/h3,5-7,12,16H,1-2,4H2,(H,17,18);/q;+1/p-1. The molecule has 1 atom stereocenters. The second-order valence-electron chi connectivity index (χ2n) is 4.64. The van der Waals surface area contributed by atoms with E-state index in [1.165, 1.54) is 18.2 Å². The van der Waals surface area contributed by atoms with Crippen molar-refractivity contribution in [3.05, 3.63) is 40.7 Å². The van der Waals surface area contributed by atoms with E-state index >= 15 is 0 Å². The number of carboxylic acid groups (broad SMARTS) is 1. The summed E-state index contributed by atoms with van der Waals surface area (Å²) in [4.78, 5) is 11.0. The summed E-state index contributed by atoms with van der Waals surface area (Å²) in [5.74, 6) is -2.36. The van der Waals surface area contributed by atoms with Crippen LogP contribution in [0.2, 0.25) is 5.02 Å². The van der Waals surface area contributed by atoms with Crippen molar-refractivity contribution in [1.82, 2.24) is 0 Å². The summed E-state index contributed by atoms with van der Waals surface area (Å²) < 4.78 is 40.3. The molecule has 1 unspecified atom stereocenters. The van der Waals surface area contributed by atoms with Crippen LogP contribution in [0.3, 0.4) is 0 Å². The zero-order valence-electron chi connectivity index (χ0n) is 11.8. The van der Waals surface area contributed by atoms with Crippen LogP contribution in [0.25, 0.3) is 0 Å². The van der Waals surface area contributed by atoms with Crippen LogP contribution in [-0.2, 0) is 14.8 Å². The minimum Gasteiger partial charge on any atom is -0.545 e. The zero-order valence-corrected chi connectivity index (χ0v) is 15.4. The van der Waals surface area contributed by atoms with Crippen LogP contribution in [0.5, 0.6) is 0 Å². The number of rotatable bonds is 4. The number of allylic oxidation sites excluding steroid dienone is 1. The summed E-state index contributed by atoms with van der Waals surface area (Å²) in [5, 5.41) is 9.88. The second-order valence-corrected chi connectivity index (χ2v) is 6.94. The number of carbonyl (C=O) groups is 1. The smallest absolute Gasteiger partial charge is 0.545 e. The molecule has 1 aliphatic rings. The van der Waals surface area contributed by atoms with E-state index < -0.39 is 27.1 Å². The Kier molecular flexibility index (Phi) is 6.88. The molecule has 1 N–H and O–H groups in total. The topological polar surface area (TPSA) is 86.3 Å². The molecule has 1 aromatic rings. The van der Waals surface area contributed by atoms with Crippen LogP contribution in [-0.4, -0.2) is 19.6 Å². The minimum atomic E-state index is -4.09. The number of carbonyl (C=O) groups excluding carboxylic acids is 1. The van der Waals surface area contributed by atoms with Gasteiger partial charge in [0.1, 0.15) is 11.1 Å². The van der Waals surface area contributed by atoms with Gasteiger partial charge in [-0.25, -0.2) is 12.8 Å². The summed E-state index contributed by atoms with van der Waals surface area (Å²) >= 11 is 5.59. The molecule has 0 radical (unpaired) electrons. The molecule has 0 bridgehead atoms. The van der Waals surface area contributed by atoms with Crippen LogP contribution in [0.15, 0.2) is 29.8 Å². The number of sulfonamides is 1. The van der Waals surface area contributed by atoms with Crippen LogP contribution >= 0.6 is 11.6 Å². The molecule has 9 heteroatoms. The minimum absolute atomic E-state index is 0. The van der Waals surface area contributed by atoms with E-state index in [1.807, 2.05) is 0 Å². The molecule has 0 saturated carbocycles. The number of nitrogens with one attached hydrogen (secondary N) is 1. The largest absolute Gasteiger partial charge is 1.00 e. The third kappa shape index (κ3) is 4.45. The second kappa shape index (κ2) is 7.79. The Balaban J connectivity index is 0.00000242. The number of anilines is 1. The van der Waals surface area contributed by atoms with Crippen LogP contribution in [0.4, 0.5) is 10.1 Å². The summed E-state index contributed by atoms with van der Waals surface area (Å²) in [6.07, 6.45) is 2.49. The van der Waals surface area contributed by atoms with Gasteiger partial charge in [0, 0.05) is 5.02 Å².